The lowest BCUT2D eigenvalue weighted by molar-refractivity contribution is -0.138. The second-order valence-corrected chi connectivity index (χ2v) is 3.91. The van der Waals surface area contributed by atoms with Gasteiger partial charge in [-0.2, -0.15) is 0 Å². The lowest BCUT2D eigenvalue weighted by atomic mass is 10.2. The van der Waals surface area contributed by atoms with Gasteiger partial charge in [0.05, 0.1) is 16.4 Å². The SMILES string of the molecule is Cc1nc2ccc(Cl)cn2c1C(N)C(=O)O. The molecule has 16 heavy (non-hydrogen) atoms. The molecule has 2 rings (SSSR count). The summed E-state index contributed by atoms with van der Waals surface area (Å²) in [4.78, 5) is 15.1. The lowest BCUT2D eigenvalue weighted by Gasteiger charge is -2.07. The van der Waals surface area contributed by atoms with Crippen LogP contribution in [0.1, 0.15) is 17.4 Å². The quantitative estimate of drug-likeness (QED) is 0.830. The smallest absolute Gasteiger partial charge is 0.326 e. The normalized spacial score (nSPS) is 12.9. The first-order chi connectivity index (χ1) is 7.50. The molecule has 0 saturated carbocycles. The first kappa shape index (κ1) is 10.9. The Bertz CT molecular complexity index is 564. The number of halogens is 1. The number of carbonyl (C=O) groups is 1. The maximum absolute atomic E-state index is 10.9. The van der Waals surface area contributed by atoms with Crippen molar-refractivity contribution < 1.29 is 9.90 Å². The van der Waals surface area contributed by atoms with E-state index in [9.17, 15) is 4.79 Å². The Morgan fingerprint density at radius 1 is 1.62 bits per heavy atom. The number of hydrogen-bond donors (Lipinski definition) is 2. The number of aromatic nitrogens is 2. The molecule has 1 atom stereocenters. The highest BCUT2D eigenvalue weighted by Gasteiger charge is 2.21. The van der Waals surface area contributed by atoms with Gasteiger partial charge in [-0.05, 0) is 19.1 Å². The van der Waals surface area contributed by atoms with Crippen LogP contribution in [0.25, 0.3) is 5.65 Å². The number of pyridine rings is 1. The van der Waals surface area contributed by atoms with Gasteiger partial charge in [0.1, 0.15) is 11.7 Å². The van der Waals surface area contributed by atoms with Crippen LogP contribution in [0.15, 0.2) is 18.3 Å². The third kappa shape index (κ3) is 1.64. The van der Waals surface area contributed by atoms with Gasteiger partial charge in [0, 0.05) is 6.20 Å². The molecule has 0 saturated heterocycles. The Balaban J connectivity index is 2.72. The van der Waals surface area contributed by atoms with Crippen LogP contribution in [-0.4, -0.2) is 20.5 Å². The van der Waals surface area contributed by atoms with E-state index in [0.717, 1.165) is 0 Å². The van der Waals surface area contributed by atoms with Crippen molar-refractivity contribution >= 4 is 23.2 Å². The van der Waals surface area contributed by atoms with Crippen molar-refractivity contribution in [2.75, 3.05) is 0 Å². The van der Waals surface area contributed by atoms with Crippen molar-refractivity contribution in [3.05, 3.63) is 34.7 Å². The largest absolute Gasteiger partial charge is 0.480 e. The molecule has 3 N–H and O–H groups in total. The molecule has 0 aromatic carbocycles. The summed E-state index contributed by atoms with van der Waals surface area (Å²) in [6.45, 7) is 1.72. The van der Waals surface area contributed by atoms with Gasteiger partial charge in [0.15, 0.2) is 0 Å². The second kappa shape index (κ2) is 3.77. The number of hydrogen-bond acceptors (Lipinski definition) is 3. The number of nitrogens with zero attached hydrogens (tertiary/aromatic N) is 2. The van der Waals surface area contributed by atoms with Crippen LogP contribution in [0.2, 0.25) is 5.02 Å². The maximum Gasteiger partial charge on any atom is 0.326 e. The molecule has 2 aromatic heterocycles. The van der Waals surface area contributed by atoms with Crippen LogP contribution < -0.4 is 5.73 Å². The van der Waals surface area contributed by atoms with Crippen LogP contribution in [0, 0.1) is 6.92 Å². The van der Waals surface area contributed by atoms with E-state index < -0.39 is 12.0 Å². The molecule has 0 aliphatic heterocycles. The Labute approximate surface area is 96.5 Å². The van der Waals surface area contributed by atoms with Crippen molar-refractivity contribution in [2.45, 2.75) is 13.0 Å². The summed E-state index contributed by atoms with van der Waals surface area (Å²) in [6, 6.07) is 2.31. The average molecular weight is 240 g/mol. The van der Waals surface area contributed by atoms with Crippen molar-refractivity contribution in [2.24, 2.45) is 5.73 Å². The number of carboxylic acids is 1. The number of nitrogens with two attached hydrogens (primary N) is 1. The summed E-state index contributed by atoms with van der Waals surface area (Å²) in [7, 11) is 0. The minimum atomic E-state index is -1.10. The topological polar surface area (TPSA) is 80.6 Å². The van der Waals surface area contributed by atoms with E-state index in [-0.39, 0.29) is 0 Å². The molecule has 0 fully saturated rings. The van der Waals surface area contributed by atoms with Crippen molar-refractivity contribution in [1.29, 1.82) is 0 Å². The van der Waals surface area contributed by atoms with Gasteiger partial charge in [-0.25, -0.2) is 4.98 Å². The zero-order valence-electron chi connectivity index (χ0n) is 8.51. The molecule has 0 aliphatic carbocycles. The molecule has 2 aromatic rings. The molecular weight excluding hydrogens is 230 g/mol. The zero-order chi connectivity index (χ0) is 11.9. The van der Waals surface area contributed by atoms with Crippen LogP contribution in [0.4, 0.5) is 0 Å². The summed E-state index contributed by atoms with van der Waals surface area (Å²) in [5.41, 5.74) is 7.27. The van der Waals surface area contributed by atoms with E-state index in [1.165, 1.54) is 0 Å². The van der Waals surface area contributed by atoms with Gasteiger partial charge < -0.3 is 15.2 Å². The first-order valence-electron chi connectivity index (χ1n) is 4.63. The van der Waals surface area contributed by atoms with E-state index >= 15 is 0 Å². The number of imidazole rings is 1. The number of carboxylic acid groups (broad SMARTS) is 1. The second-order valence-electron chi connectivity index (χ2n) is 3.47. The highest BCUT2D eigenvalue weighted by molar-refractivity contribution is 6.30. The third-order valence-corrected chi connectivity index (χ3v) is 2.59. The molecule has 2 heterocycles. The van der Waals surface area contributed by atoms with Gasteiger partial charge in [0.25, 0.3) is 0 Å². The molecule has 0 radical (unpaired) electrons. The van der Waals surface area contributed by atoms with E-state index in [1.54, 1.807) is 29.7 Å². The van der Waals surface area contributed by atoms with Gasteiger partial charge >= 0.3 is 5.97 Å². The Kier molecular flexibility index (Phi) is 2.57. The third-order valence-electron chi connectivity index (χ3n) is 2.36. The van der Waals surface area contributed by atoms with Crippen LogP contribution in [-0.2, 0) is 4.79 Å². The van der Waals surface area contributed by atoms with Crippen molar-refractivity contribution in [3.8, 4) is 0 Å². The Morgan fingerprint density at radius 2 is 2.31 bits per heavy atom. The average Bonchev–Trinajstić information content (AvgIpc) is 2.52. The van der Waals surface area contributed by atoms with Crippen LogP contribution in [0.3, 0.4) is 0 Å². The van der Waals surface area contributed by atoms with Crippen molar-refractivity contribution in [1.82, 2.24) is 9.38 Å². The maximum atomic E-state index is 10.9. The highest BCUT2D eigenvalue weighted by atomic mass is 35.5. The number of fused-ring (bicyclic) bond motifs is 1. The summed E-state index contributed by atoms with van der Waals surface area (Å²) in [5.74, 6) is -1.09. The predicted molar refractivity (Wildman–Crippen MR) is 59.5 cm³/mol. The molecule has 5 nitrogen and oxygen atoms in total. The minimum Gasteiger partial charge on any atom is -0.480 e. The molecule has 0 bridgehead atoms. The van der Waals surface area contributed by atoms with Gasteiger partial charge in [-0.3, -0.25) is 4.79 Å². The van der Waals surface area contributed by atoms with E-state index in [4.69, 9.17) is 22.4 Å². The highest BCUT2D eigenvalue weighted by Crippen LogP contribution is 2.20. The number of aliphatic carboxylic acids is 1. The molecule has 84 valence electrons. The first-order valence-corrected chi connectivity index (χ1v) is 5.01. The van der Waals surface area contributed by atoms with E-state index in [0.29, 0.717) is 22.1 Å². The fourth-order valence-electron chi connectivity index (χ4n) is 1.65. The zero-order valence-corrected chi connectivity index (χ0v) is 9.27. The van der Waals surface area contributed by atoms with Crippen LogP contribution >= 0.6 is 11.6 Å². The van der Waals surface area contributed by atoms with Gasteiger partial charge in [-0.15, -0.1) is 0 Å². The Hall–Kier alpha value is -1.59. The predicted octanol–water partition coefficient (Wildman–Crippen LogP) is 1.38. The van der Waals surface area contributed by atoms with Gasteiger partial charge in [-0.1, -0.05) is 11.6 Å². The van der Waals surface area contributed by atoms with E-state index in [2.05, 4.69) is 4.98 Å². The molecule has 6 heteroatoms. The molecule has 1 unspecified atom stereocenters. The summed E-state index contributed by atoms with van der Waals surface area (Å²) >= 11 is 5.85. The monoisotopic (exact) mass is 239 g/mol. The summed E-state index contributed by atoms with van der Waals surface area (Å²) in [5, 5.41) is 9.41. The minimum absolute atomic E-state index is 0.449. The Morgan fingerprint density at radius 3 is 2.94 bits per heavy atom. The van der Waals surface area contributed by atoms with Crippen LogP contribution in [0.5, 0.6) is 0 Å². The van der Waals surface area contributed by atoms with Gasteiger partial charge in [0.2, 0.25) is 0 Å². The van der Waals surface area contributed by atoms with Crippen molar-refractivity contribution in [3.63, 3.8) is 0 Å². The molecule has 0 spiro atoms. The number of rotatable bonds is 2. The summed E-state index contributed by atoms with van der Waals surface area (Å²) in [6.07, 6.45) is 1.61. The van der Waals surface area contributed by atoms with E-state index in [1.807, 2.05) is 0 Å². The standard InChI is InChI=1S/C10H10ClN3O2/c1-5-9(8(12)10(15)16)14-4-6(11)2-3-7(14)13-5/h2-4,8H,12H2,1H3,(H,15,16). The molecule has 0 amide bonds. The summed E-state index contributed by atoms with van der Waals surface area (Å²) < 4.78 is 1.61. The fraction of sp³-hybridized carbons (Fsp3) is 0.200. The number of aryl methyl sites for hydroxylation is 1. The lowest BCUT2D eigenvalue weighted by Crippen LogP contribution is -2.23. The molecular formula is C10H10ClN3O2. The molecule has 0 aliphatic rings. The fourth-order valence-corrected chi connectivity index (χ4v) is 1.81.